The van der Waals surface area contributed by atoms with Crippen LogP contribution >= 0.6 is 0 Å². The molecule has 2 rings (SSSR count). The van der Waals surface area contributed by atoms with Crippen LogP contribution in [0.25, 0.3) is 11.0 Å². The lowest BCUT2D eigenvalue weighted by atomic mass is 10.1. The summed E-state index contributed by atoms with van der Waals surface area (Å²) >= 11 is 0. The van der Waals surface area contributed by atoms with Gasteiger partial charge in [-0.05, 0) is 31.0 Å². The van der Waals surface area contributed by atoms with Crippen molar-refractivity contribution in [3.63, 3.8) is 0 Å². The lowest BCUT2D eigenvalue weighted by Gasteiger charge is -2.02. The molecule has 14 heavy (non-hydrogen) atoms. The van der Waals surface area contributed by atoms with Crippen LogP contribution in [0.2, 0.25) is 0 Å². The standard InChI is InChI=1S/C11H11FO2/c12-10-4-3-8-5-7-14-11(8)9(10)2-1-6-13/h3-5,7,13H,1-2,6H2. The fraction of sp³-hybridized carbons (Fsp3) is 0.273. The number of aliphatic hydroxyl groups excluding tert-OH is 1. The predicted octanol–water partition coefficient (Wildman–Crippen LogP) is 2.50. The van der Waals surface area contributed by atoms with Gasteiger partial charge in [-0.15, -0.1) is 0 Å². The summed E-state index contributed by atoms with van der Waals surface area (Å²) in [7, 11) is 0. The molecule has 1 N–H and O–H groups in total. The zero-order chi connectivity index (χ0) is 9.97. The Hall–Kier alpha value is -1.35. The average Bonchev–Trinajstić information content (AvgIpc) is 2.64. The van der Waals surface area contributed by atoms with Gasteiger partial charge in [-0.3, -0.25) is 0 Å². The monoisotopic (exact) mass is 194 g/mol. The van der Waals surface area contributed by atoms with E-state index in [1.807, 2.05) is 0 Å². The van der Waals surface area contributed by atoms with Crippen molar-refractivity contribution in [1.29, 1.82) is 0 Å². The van der Waals surface area contributed by atoms with E-state index in [2.05, 4.69) is 0 Å². The van der Waals surface area contributed by atoms with Crippen LogP contribution in [0.3, 0.4) is 0 Å². The molecule has 1 heterocycles. The van der Waals surface area contributed by atoms with Gasteiger partial charge >= 0.3 is 0 Å². The number of aryl methyl sites for hydroxylation is 1. The van der Waals surface area contributed by atoms with E-state index in [1.54, 1.807) is 18.4 Å². The molecular formula is C11H11FO2. The lowest BCUT2D eigenvalue weighted by molar-refractivity contribution is 0.288. The van der Waals surface area contributed by atoms with Crippen LogP contribution in [0.15, 0.2) is 28.9 Å². The summed E-state index contributed by atoms with van der Waals surface area (Å²) in [6.07, 6.45) is 2.61. The molecule has 0 aliphatic carbocycles. The molecule has 0 saturated heterocycles. The minimum atomic E-state index is -0.263. The summed E-state index contributed by atoms with van der Waals surface area (Å²) in [5, 5.41) is 9.59. The van der Waals surface area contributed by atoms with E-state index in [4.69, 9.17) is 9.52 Å². The Morgan fingerprint density at radius 3 is 2.93 bits per heavy atom. The molecule has 0 saturated carbocycles. The second kappa shape index (κ2) is 3.80. The minimum Gasteiger partial charge on any atom is -0.464 e. The Bertz CT molecular complexity index is 434. The third kappa shape index (κ3) is 1.51. The summed E-state index contributed by atoms with van der Waals surface area (Å²) in [6, 6.07) is 4.93. The van der Waals surface area contributed by atoms with Crippen molar-refractivity contribution >= 4 is 11.0 Å². The highest BCUT2D eigenvalue weighted by Crippen LogP contribution is 2.23. The van der Waals surface area contributed by atoms with Gasteiger partial charge in [-0.2, -0.15) is 0 Å². The van der Waals surface area contributed by atoms with Crippen molar-refractivity contribution < 1.29 is 13.9 Å². The maximum absolute atomic E-state index is 13.4. The number of hydrogen-bond donors (Lipinski definition) is 1. The van der Waals surface area contributed by atoms with Crippen LogP contribution in [-0.2, 0) is 6.42 Å². The van der Waals surface area contributed by atoms with Gasteiger partial charge < -0.3 is 9.52 Å². The Labute approximate surface area is 81.0 Å². The van der Waals surface area contributed by atoms with Crippen LogP contribution in [0.1, 0.15) is 12.0 Å². The summed E-state index contributed by atoms with van der Waals surface area (Å²) < 4.78 is 18.6. The zero-order valence-corrected chi connectivity index (χ0v) is 7.66. The first-order valence-corrected chi connectivity index (χ1v) is 4.58. The first kappa shape index (κ1) is 9.21. The van der Waals surface area contributed by atoms with Gasteiger partial charge in [-0.25, -0.2) is 4.39 Å². The lowest BCUT2D eigenvalue weighted by Crippen LogP contribution is -1.93. The molecule has 2 nitrogen and oxygen atoms in total. The van der Waals surface area contributed by atoms with Gasteiger partial charge in [0.2, 0.25) is 0 Å². The van der Waals surface area contributed by atoms with Gasteiger partial charge in [0.25, 0.3) is 0 Å². The fourth-order valence-electron chi connectivity index (χ4n) is 1.56. The fourth-order valence-corrected chi connectivity index (χ4v) is 1.56. The first-order valence-electron chi connectivity index (χ1n) is 4.58. The molecule has 74 valence electrons. The van der Waals surface area contributed by atoms with Crippen LogP contribution in [0, 0.1) is 5.82 Å². The van der Waals surface area contributed by atoms with Crippen molar-refractivity contribution in [1.82, 2.24) is 0 Å². The van der Waals surface area contributed by atoms with E-state index in [1.165, 1.54) is 6.07 Å². The van der Waals surface area contributed by atoms with Crippen LogP contribution in [0.4, 0.5) is 4.39 Å². The van der Waals surface area contributed by atoms with E-state index < -0.39 is 0 Å². The largest absolute Gasteiger partial charge is 0.464 e. The number of rotatable bonds is 3. The summed E-state index contributed by atoms with van der Waals surface area (Å²) in [4.78, 5) is 0. The molecule has 0 amide bonds. The van der Waals surface area contributed by atoms with E-state index in [0.29, 0.717) is 24.0 Å². The van der Waals surface area contributed by atoms with Crippen LogP contribution in [-0.4, -0.2) is 11.7 Å². The number of hydrogen-bond acceptors (Lipinski definition) is 2. The normalized spacial score (nSPS) is 11.0. The molecule has 0 aliphatic rings. The van der Waals surface area contributed by atoms with Crippen LogP contribution < -0.4 is 0 Å². The highest BCUT2D eigenvalue weighted by molar-refractivity contribution is 5.80. The predicted molar refractivity (Wildman–Crippen MR) is 51.6 cm³/mol. The van der Waals surface area contributed by atoms with Crippen molar-refractivity contribution in [2.75, 3.05) is 6.61 Å². The Morgan fingerprint density at radius 2 is 2.14 bits per heavy atom. The Morgan fingerprint density at radius 1 is 1.29 bits per heavy atom. The second-order valence-corrected chi connectivity index (χ2v) is 3.19. The molecule has 0 spiro atoms. The summed E-state index contributed by atoms with van der Waals surface area (Å²) in [5.41, 5.74) is 1.15. The van der Waals surface area contributed by atoms with Crippen molar-refractivity contribution in [2.45, 2.75) is 12.8 Å². The highest BCUT2D eigenvalue weighted by atomic mass is 19.1. The molecule has 3 heteroatoms. The van der Waals surface area contributed by atoms with E-state index >= 15 is 0 Å². The molecule has 0 aliphatic heterocycles. The SMILES string of the molecule is OCCCc1c(F)ccc2ccoc12. The molecule has 0 radical (unpaired) electrons. The first-order chi connectivity index (χ1) is 6.83. The van der Waals surface area contributed by atoms with Gasteiger partial charge in [-0.1, -0.05) is 0 Å². The molecule has 2 aromatic rings. The molecule has 0 fully saturated rings. The Kier molecular flexibility index (Phi) is 2.50. The van der Waals surface area contributed by atoms with Gasteiger partial charge in [0.1, 0.15) is 11.4 Å². The highest BCUT2D eigenvalue weighted by Gasteiger charge is 2.09. The number of aliphatic hydroxyl groups is 1. The molecule has 1 aromatic heterocycles. The Balaban J connectivity index is 2.47. The molecule has 0 bridgehead atoms. The summed E-state index contributed by atoms with van der Waals surface area (Å²) in [6.45, 7) is 0.0660. The van der Waals surface area contributed by atoms with E-state index in [0.717, 1.165) is 5.39 Å². The van der Waals surface area contributed by atoms with E-state index in [-0.39, 0.29) is 12.4 Å². The number of halogens is 1. The van der Waals surface area contributed by atoms with Gasteiger partial charge in [0.05, 0.1) is 6.26 Å². The molecule has 0 unspecified atom stereocenters. The number of furan rings is 1. The maximum atomic E-state index is 13.4. The maximum Gasteiger partial charge on any atom is 0.139 e. The smallest absolute Gasteiger partial charge is 0.139 e. The zero-order valence-electron chi connectivity index (χ0n) is 7.66. The second-order valence-electron chi connectivity index (χ2n) is 3.19. The molecule has 1 aromatic carbocycles. The minimum absolute atomic E-state index is 0.0660. The summed E-state index contributed by atoms with van der Waals surface area (Å²) in [5.74, 6) is -0.263. The quantitative estimate of drug-likeness (QED) is 0.814. The number of fused-ring (bicyclic) bond motifs is 1. The molecular weight excluding hydrogens is 183 g/mol. The number of benzene rings is 1. The van der Waals surface area contributed by atoms with Crippen LogP contribution in [0.5, 0.6) is 0 Å². The van der Waals surface area contributed by atoms with E-state index in [9.17, 15) is 4.39 Å². The van der Waals surface area contributed by atoms with Crippen molar-refractivity contribution in [3.8, 4) is 0 Å². The van der Waals surface area contributed by atoms with Crippen molar-refractivity contribution in [3.05, 3.63) is 35.8 Å². The topological polar surface area (TPSA) is 33.4 Å². The van der Waals surface area contributed by atoms with Gasteiger partial charge in [0.15, 0.2) is 0 Å². The average molecular weight is 194 g/mol. The third-order valence-corrected chi connectivity index (χ3v) is 2.25. The van der Waals surface area contributed by atoms with Gasteiger partial charge in [0, 0.05) is 17.6 Å². The third-order valence-electron chi connectivity index (χ3n) is 2.25. The van der Waals surface area contributed by atoms with Crippen molar-refractivity contribution in [2.24, 2.45) is 0 Å². The molecule has 0 atom stereocenters.